The highest BCUT2D eigenvalue weighted by atomic mass is 32.1. The number of nitrogens with zero attached hydrogens (tertiary/aromatic N) is 2. The Morgan fingerprint density at radius 1 is 1.33 bits per heavy atom. The highest BCUT2D eigenvalue weighted by Crippen LogP contribution is 2.20. The lowest BCUT2D eigenvalue weighted by Gasteiger charge is -2.06. The Morgan fingerprint density at radius 2 is 2.05 bits per heavy atom. The first kappa shape index (κ1) is 15.4. The molecule has 0 spiro atoms. The average Bonchev–Trinajstić information content (AvgIpc) is 2.94. The zero-order chi connectivity index (χ0) is 15.2. The van der Waals surface area contributed by atoms with Gasteiger partial charge in [-0.3, -0.25) is 4.79 Å². The van der Waals surface area contributed by atoms with Crippen LogP contribution in [0.2, 0.25) is 0 Å². The summed E-state index contributed by atoms with van der Waals surface area (Å²) < 4.78 is 5.13. The Hall–Kier alpha value is -1.95. The Kier molecular flexibility index (Phi) is 5.27. The first-order valence-electron chi connectivity index (χ1n) is 6.88. The van der Waals surface area contributed by atoms with Gasteiger partial charge < -0.3 is 10.1 Å². The lowest BCUT2D eigenvalue weighted by molar-refractivity contribution is -0.119. The number of nitrogens with one attached hydrogen (secondary N) is 1. The Labute approximate surface area is 128 Å². The summed E-state index contributed by atoms with van der Waals surface area (Å²) >= 11 is 1.41. The molecule has 1 N–H and O–H groups in total. The smallest absolute Gasteiger partial charge is 0.229 e. The van der Waals surface area contributed by atoms with Crippen LogP contribution in [0.3, 0.4) is 0 Å². The van der Waals surface area contributed by atoms with E-state index < -0.39 is 0 Å². The summed E-state index contributed by atoms with van der Waals surface area (Å²) in [5, 5.41) is 12.4. The molecule has 0 radical (unpaired) electrons. The van der Waals surface area contributed by atoms with Crippen LogP contribution in [0.25, 0.3) is 0 Å². The van der Waals surface area contributed by atoms with Gasteiger partial charge in [0.2, 0.25) is 11.0 Å². The summed E-state index contributed by atoms with van der Waals surface area (Å²) in [5.74, 6) is 0.807. The third-order valence-electron chi connectivity index (χ3n) is 3.27. The van der Waals surface area contributed by atoms with Crippen LogP contribution < -0.4 is 10.1 Å². The van der Waals surface area contributed by atoms with Gasteiger partial charge in [-0.1, -0.05) is 37.3 Å². The van der Waals surface area contributed by atoms with Crippen LogP contribution in [0.4, 0.5) is 5.13 Å². The van der Waals surface area contributed by atoms with Crippen molar-refractivity contribution in [3.05, 3.63) is 34.8 Å². The van der Waals surface area contributed by atoms with E-state index in [1.54, 1.807) is 7.11 Å². The standard InChI is InChI=1S/C15H19N3O2S/c1-4-10(2)14(19)16-15-18-17-13(21-15)9-11-5-7-12(20-3)8-6-11/h5-8,10H,4,9H2,1-3H3,(H,16,18,19). The zero-order valence-electron chi connectivity index (χ0n) is 12.4. The fraction of sp³-hybridized carbons (Fsp3) is 0.400. The molecule has 0 saturated heterocycles. The van der Waals surface area contributed by atoms with Crippen LogP contribution in [0, 0.1) is 5.92 Å². The molecule has 1 atom stereocenters. The molecule has 1 aromatic carbocycles. The molecule has 112 valence electrons. The molecule has 0 aliphatic carbocycles. The van der Waals surface area contributed by atoms with Crippen LogP contribution in [-0.4, -0.2) is 23.2 Å². The van der Waals surface area contributed by atoms with Gasteiger partial charge in [0.25, 0.3) is 0 Å². The molecule has 0 aliphatic rings. The van der Waals surface area contributed by atoms with Crippen molar-refractivity contribution in [1.29, 1.82) is 0 Å². The van der Waals surface area contributed by atoms with Crippen molar-refractivity contribution < 1.29 is 9.53 Å². The Morgan fingerprint density at radius 3 is 2.67 bits per heavy atom. The molecule has 1 unspecified atom stereocenters. The van der Waals surface area contributed by atoms with E-state index in [4.69, 9.17) is 4.74 Å². The molecule has 5 nitrogen and oxygen atoms in total. The van der Waals surface area contributed by atoms with Gasteiger partial charge in [0.1, 0.15) is 10.8 Å². The molecule has 21 heavy (non-hydrogen) atoms. The molecular weight excluding hydrogens is 286 g/mol. The molecular formula is C15H19N3O2S. The fourth-order valence-electron chi connectivity index (χ4n) is 1.71. The summed E-state index contributed by atoms with van der Waals surface area (Å²) in [7, 11) is 1.64. The van der Waals surface area contributed by atoms with Gasteiger partial charge in [-0.25, -0.2) is 0 Å². The van der Waals surface area contributed by atoms with Crippen molar-refractivity contribution >= 4 is 22.4 Å². The second kappa shape index (κ2) is 7.17. The third-order valence-corrected chi connectivity index (χ3v) is 4.11. The van der Waals surface area contributed by atoms with Crippen molar-refractivity contribution in [2.75, 3.05) is 12.4 Å². The van der Waals surface area contributed by atoms with E-state index in [0.29, 0.717) is 11.6 Å². The van der Waals surface area contributed by atoms with E-state index in [2.05, 4.69) is 15.5 Å². The van der Waals surface area contributed by atoms with E-state index in [1.807, 2.05) is 38.1 Å². The van der Waals surface area contributed by atoms with Gasteiger partial charge in [0.05, 0.1) is 7.11 Å². The molecule has 1 aromatic heterocycles. The predicted molar refractivity (Wildman–Crippen MR) is 83.8 cm³/mol. The topological polar surface area (TPSA) is 64.1 Å². The summed E-state index contributed by atoms with van der Waals surface area (Å²) in [6.45, 7) is 3.88. The average molecular weight is 305 g/mol. The maximum absolute atomic E-state index is 11.8. The second-order valence-electron chi connectivity index (χ2n) is 4.82. The normalized spacial score (nSPS) is 12.0. The van der Waals surface area contributed by atoms with Crippen LogP contribution in [0.15, 0.2) is 24.3 Å². The maximum atomic E-state index is 11.8. The monoisotopic (exact) mass is 305 g/mol. The van der Waals surface area contributed by atoms with Gasteiger partial charge in [-0.05, 0) is 24.1 Å². The highest BCUT2D eigenvalue weighted by molar-refractivity contribution is 7.15. The number of carbonyl (C=O) groups excluding carboxylic acids is 1. The quantitative estimate of drug-likeness (QED) is 0.890. The van der Waals surface area contributed by atoms with Gasteiger partial charge in [0, 0.05) is 12.3 Å². The summed E-state index contributed by atoms with van der Waals surface area (Å²) in [5.41, 5.74) is 1.13. The summed E-state index contributed by atoms with van der Waals surface area (Å²) in [6.07, 6.45) is 1.50. The van der Waals surface area contributed by atoms with Crippen LogP contribution >= 0.6 is 11.3 Å². The highest BCUT2D eigenvalue weighted by Gasteiger charge is 2.13. The molecule has 0 aliphatic heterocycles. The number of aromatic nitrogens is 2. The minimum Gasteiger partial charge on any atom is -0.497 e. The molecule has 1 heterocycles. The third kappa shape index (κ3) is 4.26. The van der Waals surface area contributed by atoms with Crippen molar-refractivity contribution in [3.63, 3.8) is 0 Å². The lowest BCUT2D eigenvalue weighted by Crippen LogP contribution is -2.19. The van der Waals surface area contributed by atoms with E-state index in [9.17, 15) is 4.79 Å². The lowest BCUT2D eigenvalue weighted by atomic mass is 10.1. The second-order valence-corrected chi connectivity index (χ2v) is 5.89. The van der Waals surface area contributed by atoms with Crippen LogP contribution in [-0.2, 0) is 11.2 Å². The molecule has 0 fully saturated rings. The molecule has 1 amide bonds. The van der Waals surface area contributed by atoms with Gasteiger partial charge in [0.15, 0.2) is 0 Å². The molecule has 0 saturated carbocycles. The molecule has 2 aromatic rings. The molecule has 0 bridgehead atoms. The van der Waals surface area contributed by atoms with Gasteiger partial charge in [-0.15, -0.1) is 10.2 Å². The first-order chi connectivity index (χ1) is 10.1. The van der Waals surface area contributed by atoms with Crippen LogP contribution in [0.5, 0.6) is 5.75 Å². The minimum absolute atomic E-state index is 0.00959. The predicted octanol–water partition coefficient (Wildman–Crippen LogP) is 3.12. The number of methoxy groups -OCH3 is 1. The van der Waals surface area contributed by atoms with Gasteiger partial charge in [-0.2, -0.15) is 0 Å². The zero-order valence-corrected chi connectivity index (χ0v) is 13.2. The number of amides is 1. The molecule has 6 heteroatoms. The fourth-order valence-corrected chi connectivity index (χ4v) is 2.48. The van der Waals surface area contributed by atoms with E-state index in [-0.39, 0.29) is 11.8 Å². The van der Waals surface area contributed by atoms with E-state index in [0.717, 1.165) is 22.7 Å². The summed E-state index contributed by atoms with van der Waals surface area (Å²) in [4.78, 5) is 11.8. The van der Waals surface area contributed by atoms with E-state index >= 15 is 0 Å². The summed E-state index contributed by atoms with van der Waals surface area (Å²) in [6, 6.07) is 7.83. The maximum Gasteiger partial charge on any atom is 0.229 e. The van der Waals surface area contributed by atoms with Crippen molar-refractivity contribution in [2.24, 2.45) is 5.92 Å². The molecule has 2 rings (SSSR count). The number of carbonyl (C=O) groups is 1. The number of hydrogen-bond acceptors (Lipinski definition) is 5. The number of ether oxygens (including phenoxy) is 1. The number of rotatable bonds is 6. The van der Waals surface area contributed by atoms with E-state index in [1.165, 1.54) is 11.3 Å². The first-order valence-corrected chi connectivity index (χ1v) is 7.70. The Balaban J connectivity index is 1.97. The van der Waals surface area contributed by atoms with Crippen molar-refractivity contribution in [3.8, 4) is 5.75 Å². The minimum atomic E-state index is -0.0149. The largest absolute Gasteiger partial charge is 0.497 e. The Bertz CT molecular complexity index is 595. The van der Waals surface area contributed by atoms with Crippen LogP contribution in [0.1, 0.15) is 30.8 Å². The SMILES string of the molecule is CCC(C)C(=O)Nc1nnc(Cc2ccc(OC)cc2)s1. The van der Waals surface area contributed by atoms with Crippen molar-refractivity contribution in [1.82, 2.24) is 10.2 Å². The number of anilines is 1. The number of benzene rings is 1. The number of hydrogen-bond donors (Lipinski definition) is 1. The van der Waals surface area contributed by atoms with Crippen molar-refractivity contribution in [2.45, 2.75) is 26.7 Å². The van der Waals surface area contributed by atoms with Gasteiger partial charge >= 0.3 is 0 Å².